The lowest BCUT2D eigenvalue weighted by Crippen LogP contribution is -2.49. The number of carbonyl (C=O) groups excluding carboxylic acids is 1. The fourth-order valence-corrected chi connectivity index (χ4v) is 4.38. The summed E-state index contributed by atoms with van der Waals surface area (Å²) in [7, 11) is 0. The molecule has 0 unspecified atom stereocenters. The number of carbonyl (C=O) groups is 1. The van der Waals surface area contributed by atoms with Crippen LogP contribution in [0, 0.1) is 5.82 Å². The summed E-state index contributed by atoms with van der Waals surface area (Å²) < 4.78 is 14.9. The van der Waals surface area contributed by atoms with E-state index < -0.39 is 6.10 Å². The van der Waals surface area contributed by atoms with E-state index in [0.29, 0.717) is 18.5 Å². The molecule has 2 heterocycles. The number of benzene rings is 2. The maximum absolute atomic E-state index is 13.2. The van der Waals surface area contributed by atoms with Gasteiger partial charge in [-0.25, -0.2) is 9.07 Å². The Bertz CT molecular complexity index is 1020. The van der Waals surface area contributed by atoms with Crippen molar-refractivity contribution in [2.45, 2.75) is 57.2 Å². The Hall–Kier alpha value is -3.06. The van der Waals surface area contributed by atoms with Gasteiger partial charge in [0.2, 0.25) is 5.91 Å². The van der Waals surface area contributed by atoms with Crippen LogP contribution in [0.1, 0.15) is 56.7 Å². The minimum Gasteiger partial charge on any atom is -0.389 e. The summed E-state index contributed by atoms with van der Waals surface area (Å²) in [6.45, 7) is 2.37. The van der Waals surface area contributed by atoms with Gasteiger partial charge in [0, 0.05) is 18.5 Å². The molecule has 2 aromatic carbocycles. The second kappa shape index (κ2) is 10.0. The Kier molecular flexibility index (Phi) is 6.95. The lowest BCUT2D eigenvalue weighted by Gasteiger charge is -2.42. The molecule has 1 aromatic heterocycles. The largest absolute Gasteiger partial charge is 0.389 e. The smallest absolute Gasteiger partial charge is 0.223 e. The van der Waals surface area contributed by atoms with Crippen LogP contribution in [0.15, 0.2) is 60.8 Å². The summed E-state index contributed by atoms with van der Waals surface area (Å²) in [5.74, 6) is -0.228. The number of unbranched alkanes of at least 4 members (excludes halogenated alkanes) is 2. The van der Waals surface area contributed by atoms with Gasteiger partial charge in [-0.15, -0.1) is 5.10 Å². The van der Waals surface area contributed by atoms with Crippen molar-refractivity contribution in [3.63, 3.8) is 0 Å². The highest BCUT2D eigenvalue weighted by Crippen LogP contribution is 2.37. The predicted octanol–water partition coefficient (Wildman–Crippen LogP) is 4.54. The van der Waals surface area contributed by atoms with E-state index >= 15 is 0 Å². The minimum absolute atomic E-state index is 0.0791. The number of hydrogen-bond acceptors (Lipinski definition) is 4. The first-order chi connectivity index (χ1) is 15.6. The number of piperidine rings is 1. The molecule has 4 rings (SSSR count). The summed E-state index contributed by atoms with van der Waals surface area (Å²) in [6, 6.07) is 15.6. The van der Waals surface area contributed by atoms with E-state index in [4.69, 9.17) is 0 Å². The third-order valence-corrected chi connectivity index (χ3v) is 6.16. The monoisotopic (exact) mass is 436 g/mol. The third-order valence-electron chi connectivity index (χ3n) is 6.16. The van der Waals surface area contributed by atoms with Crippen LogP contribution in [0.3, 0.4) is 0 Å². The SMILES string of the molecule is CCCCCC(=O)N1C[C@@H](O)[C@H](n2cc(-c3ccc(F)cc3)nn2)C[C@H]1c1ccccc1. The van der Waals surface area contributed by atoms with Crippen molar-refractivity contribution in [3.05, 3.63) is 72.2 Å². The number of halogens is 1. The van der Waals surface area contributed by atoms with Crippen molar-refractivity contribution in [3.8, 4) is 11.3 Å². The Morgan fingerprint density at radius 1 is 1.12 bits per heavy atom. The summed E-state index contributed by atoms with van der Waals surface area (Å²) >= 11 is 0. The number of aliphatic hydroxyl groups is 1. The van der Waals surface area contributed by atoms with Gasteiger partial charge in [0.05, 0.1) is 24.4 Å². The number of aliphatic hydroxyl groups excluding tert-OH is 1. The van der Waals surface area contributed by atoms with Gasteiger partial charge in [0.15, 0.2) is 0 Å². The Morgan fingerprint density at radius 3 is 2.59 bits per heavy atom. The van der Waals surface area contributed by atoms with E-state index in [0.717, 1.165) is 30.4 Å². The second-order valence-electron chi connectivity index (χ2n) is 8.39. The van der Waals surface area contributed by atoms with Crippen molar-refractivity contribution in [2.75, 3.05) is 6.54 Å². The zero-order valence-corrected chi connectivity index (χ0v) is 18.3. The van der Waals surface area contributed by atoms with Gasteiger partial charge in [-0.05, 0) is 42.7 Å². The van der Waals surface area contributed by atoms with Crippen molar-refractivity contribution in [2.24, 2.45) is 0 Å². The maximum atomic E-state index is 13.2. The van der Waals surface area contributed by atoms with Gasteiger partial charge in [0.25, 0.3) is 0 Å². The molecule has 1 aliphatic heterocycles. The van der Waals surface area contributed by atoms with Gasteiger partial charge in [-0.3, -0.25) is 4.79 Å². The lowest BCUT2D eigenvalue weighted by atomic mass is 9.89. The summed E-state index contributed by atoms with van der Waals surface area (Å²) in [4.78, 5) is 14.8. The first-order valence-electron chi connectivity index (χ1n) is 11.3. The molecule has 1 fully saturated rings. The highest BCUT2D eigenvalue weighted by atomic mass is 19.1. The van der Waals surface area contributed by atoms with Crippen LogP contribution in [0.5, 0.6) is 0 Å². The minimum atomic E-state index is -0.757. The van der Waals surface area contributed by atoms with E-state index in [9.17, 15) is 14.3 Å². The normalized spacial score (nSPS) is 21.0. The standard InChI is InChI=1S/C25H29FN4O2/c1-2-3-5-10-25(32)29-17-24(31)23(15-22(29)19-8-6-4-7-9-19)30-16-21(27-28-30)18-11-13-20(26)14-12-18/h4,6-9,11-14,16,22-24,31H,2-3,5,10,15,17H2,1H3/t22-,23+,24+/m0/s1. The van der Waals surface area contributed by atoms with Crippen LogP contribution in [-0.2, 0) is 4.79 Å². The molecule has 0 saturated carbocycles. The average Bonchev–Trinajstić information content (AvgIpc) is 3.30. The molecule has 1 amide bonds. The summed E-state index contributed by atoms with van der Waals surface area (Å²) in [6.07, 6.45) is 4.99. The fourth-order valence-electron chi connectivity index (χ4n) is 4.38. The van der Waals surface area contributed by atoms with Crippen molar-refractivity contribution < 1.29 is 14.3 Å². The molecule has 6 nitrogen and oxygen atoms in total. The first-order valence-corrected chi connectivity index (χ1v) is 11.3. The van der Waals surface area contributed by atoms with Crippen LogP contribution in [0.2, 0.25) is 0 Å². The Balaban J connectivity index is 1.57. The highest BCUT2D eigenvalue weighted by Gasteiger charge is 2.39. The van der Waals surface area contributed by atoms with Crippen LogP contribution < -0.4 is 0 Å². The molecule has 1 N–H and O–H groups in total. The number of likely N-dealkylation sites (tertiary alicyclic amines) is 1. The quantitative estimate of drug-likeness (QED) is 0.552. The van der Waals surface area contributed by atoms with Gasteiger partial charge >= 0.3 is 0 Å². The van der Waals surface area contributed by atoms with E-state index in [2.05, 4.69) is 17.2 Å². The van der Waals surface area contributed by atoms with Crippen LogP contribution in [-0.4, -0.2) is 43.6 Å². The zero-order chi connectivity index (χ0) is 22.5. The number of rotatable bonds is 7. The molecule has 0 radical (unpaired) electrons. The van der Waals surface area contributed by atoms with Crippen molar-refractivity contribution in [1.82, 2.24) is 19.9 Å². The Morgan fingerprint density at radius 2 is 1.88 bits per heavy atom. The van der Waals surface area contributed by atoms with Gasteiger partial charge < -0.3 is 10.0 Å². The van der Waals surface area contributed by atoms with Crippen LogP contribution in [0.4, 0.5) is 4.39 Å². The molecule has 7 heteroatoms. The summed E-state index contributed by atoms with van der Waals surface area (Å²) in [5.41, 5.74) is 2.42. The third kappa shape index (κ3) is 4.88. The topological polar surface area (TPSA) is 71.2 Å². The Labute approximate surface area is 187 Å². The molecule has 3 aromatic rings. The second-order valence-corrected chi connectivity index (χ2v) is 8.39. The van der Waals surface area contributed by atoms with Gasteiger partial charge in [-0.2, -0.15) is 0 Å². The van der Waals surface area contributed by atoms with E-state index in [1.807, 2.05) is 35.2 Å². The molecule has 1 aliphatic rings. The van der Waals surface area contributed by atoms with E-state index in [1.54, 1.807) is 23.0 Å². The lowest BCUT2D eigenvalue weighted by molar-refractivity contribution is -0.140. The number of nitrogens with zero attached hydrogens (tertiary/aromatic N) is 4. The number of aromatic nitrogens is 3. The molecule has 32 heavy (non-hydrogen) atoms. The summed E-state index contributed by atoms with van der Waals surface area (Å²) in [5, 5.41) is 19.4. The molecule has 3 atom stereocenters. The highest BCUT2D eigenvalue weighted by molar-refractivity contribution is 5.77. The number of β-amino-alcohol motifs (C(OH)–C–C–N with tert-alkyl or cyclic N) is 1. The number of hydrogen-bond donors (Lipinski definition) is 1. The van der Waals surface area contributed by atoms with E-state index in [-0.39, 0.29) is 30.4 Å². The average molecular weight is 437 g/mol. The molecule has 0 aliphatic carbocycles. The maximum Gasteiger partial charge on any atom is 0.223 e. The molecular formula is C25H29FN4O2. The molecule has 0 spiro atoms. The van der Waals surface area contributed by atoms with Gasteiger partial charge in [-0.1, -0.05) is 55.3 Å². The number of amides is 1. The van der Waals surface area contributed by atoms with Gasteiger partial charge in [0.1, 0.15) is 11.5 Å². The van der Waals surface area contributed by atoms with Crippen LogP contribution >= 0.6 is 0 Å². The van der Waals surface area contributed by atoms with Crippen LogP contribution in [0.25, 0.3) is 11.3 Å². The molecule has 168 valence electrons. The van der Waals surface area contributed by atoms with E-state index in [1.165, 1.54) is 12.1 Å². The molecule has 1 saturated heterocycles. The predicted molar refractivity (Wildman–Crippen MR) is 120 cm³/mol. The van der Waals surface area contributed by atoms with Crippen molar-refractivity contribution in [1.29, 1.82) is 0 Å². The van der Waals surface area contributed by atoms with Crippen molar-refractivity contribution >= 4 is 5.91 Å². The zero-order valence-electron chi connectivity index (χ0n) is 18.3. The fraction of sp³-hybridized carbons (Fsp3) is 0.400. The first kappa shape index (κ1) is 22.1. The molecular weight excluding hydrogens is 407 g/mol. The molecule has 0 bridgehead atoms.